The molecular formula is C31H37N3O5S. The number of esters is 1. The van der Waals surface area contributed by atoms with E-state index in [0.29, 0.717) is 45.7 Å². The number of fused-ring (bicyclic) bond motifs is 1. The standard InChI is InChI=1S/C31H37N3O5S/c1-17-18(2)27-25(19(3)26(17)38-29(36)21-8-6-5-7-9-21)23(35)15-31(4,39-27)16-37-22-12-10-20(11-13-22)14-24-28(32)34-30(33)40-24/h10-13,21H,5-9,14-16,32H2,1-4H3,(H2,33,34). The van der Waals surface area contributed by atoms with Crippen LogP contribution in [-0.2, 0) is 11.2 Å². The van der Waals surface area contributed by atoms with E-state index in [1.54, 1.807) is 0 Å². The highest BCUT2D eigenvalue weighted by molar-refractivity contribution is 7.15. The molecule has 1 aliphatic heterocycles. The predicted molar refractivity (Wildman–Crippen MR) is 157 cm³/mol. The van der Waals surface area contributed by atoms with Gasteiger partial charge in [0.25, 0.3) is 0 Å². The summed E-state index contributed by atoms with van der Waals surface area (Å²) in [5.41, 5.74) is 14.7. The Bertz CT molecular complexity index is 1440. The number of ketones is 1. The molecule has 1 unspecified atom stereocenters. The van der Waals surface area contributed by atoms with Gasteiger partial charge in [0.15, 0.2) is 10.9 Å². The molecule has 0 bridgehead atoms. The van der Waals surface area contributed by atoms with Crippen molar-refractivity contribution in [1.29, 1.82) is 0 Å². The minimum absolute atomic E-state index is 0.0420. The van der Waals surface area contributed by atoms with Crippen molar-refractivity contribution in [2.24, 2.45) is 5.92 Å². The van der Waals surface area contributed by atoms with Crippen molar-refractivity contribution in [2.45, 2.75) is 78.2 Å². The van der Waals surface area contributed by atoms with Crippen LogP contribution in [0, 0.1) is 26.7 Å². The van der Waals surface area contributed by atoms with E-state index in [1.807, 2.05) is 52.0 Å². The Morgan fingerprint density at radius 1 is 1.07 bits per heavy atom. The van der Waals surface area contributed by atoms with E-state index in [2.05, 4.69) is 4.98 Å². The van der Waals surface area contributed by atoms with Crippen molar-refractivity contribution in [3.05, 3.63) is 57.0 Å². The molecule has 2 heterocycles. The molecule has 1 aromatic heterocycles. The number of nitrogens with zero attached hydrogens (tertiary/aromatic N) is 1. The van der Waals surface area contributed by atoms with Gasteiger partial charge in [0.05, 0.1) is 22.8 Å². The SMILES string of the molecule is Cc1c(C)c2c(c(C)c1OC(=O)C1CCCCC1)C(=O)CC(C)(COc1ccc(Cc3sc(N)nc3N)cc1)O2. The molecule has 1 fully saturated rings. The molecule has 2 aliphatic rings. The van der Waals surface area contributed by atoms with Crippen molar-refractivity contribution in [2.75, 3.05) is 18.1 Å². The van der Waals surface area contributed by atoms with Gasteiger partial charge in [-0.1, -0.05) is 42.7 Å². The molecule has 212 valence electrons. The van der Waals surface area contributed by atoms with Gasteiger partial charge in [0.2, 0.25) is 0 Å². The lowest BCUT2D eigenvalue weighted by molar-refractivity contribution is -0.140. The second kappa shape index (κ2) is 11.1. The fraction of sp³-hybridized carbons (Fsp3) is 0.452. The number of anilines is 2. The Hall–Kier alpha value is -3.59. The first-order valence-electron chi connectivity index (χ1n) is 13.8. The number of nitrogen functional groups attached to an aromatic ring is 2. The number of nitrogens with two attached hydrogens (primary N) is 2. The van der Waals surface area contributed by atoms with E-state index >= 15 is 0 Å². The van der Waals surface area contributed by atoms with Crippen LogP contribution in [0.1, 0.15) is 82.9 Å². The Morgan fingerprint density at radius 3 is 2.42 bits per heavy atom. The second-order valence-electron chi connectivity index (χ2n) is 11.3. The summed E-state index contributed by atoms with van der Waals surface area (Å²) in [7, 11) is 0. The summed E-state index contributed by atoms with van der Waals surface area (Å²) >= 11 is 1.39. The number of rotatable bonds is 7. The topological polar surface area (TPSA) is 127 Å². The zero-order valence-corrected chi connectivity index (χ0v) is 24.4. The summed E-state index contributed by atoms with van der Waals surface area (Å²) in [6.07, 6.45) is 5.79. The lowest BCUT2D eigenvalue weighted by Gasteiger charge is -2.37. The number of carbonyl (C=O) groups excluding carboxylic acids is 2. The first-order valence-corrected chi connectivity index (χ1v) is 14.7. The van der Waals surface area contributed by atoms with Crippen molar-refractivity contribution in [3.63, 3.8) is 0 Å². The number of thiazole rings is 1. The zero-order chi connectivity index (χ0) is 28.6. The highest BCUT2D eigenvalue weighted by Crippen LogP contribution is 2.44. The normalized spacial score (nSPS) is 19.1. The minimum Gasteiger partial charge on any atom is -0.489 e. The van der Waals surface area contributed by atoms with E-state index < -0.39 is 5.60 Å². The van der Waals surface area contributed by atoms with E-state index in [1.165, 1.54) is 17.8 Å². The number of aromatic nitrogens is 1. The molecule has 1 aliphatic carbocycles. The summed E-state index contributed by atoms with van der Waals surface area (Å²) in [6.45, 7) is 7.75. The fourth-order valence-corrected chi connectivity index (χ4v) is 6.44. The number of Topliss-reactive ketones (excluding diaryl/α,β-unsaturated/α-hetero) is 1. The van der Waals surface area contributed by atoms with Gasteiger partial charge >= 0.3 is 5.97 Å². The summed E-state index contributed by atoms with van der Waals surface area (Å²) in [5, 5.41) is 0.460. The second-order valence-corrected chi connectivity index (χ2v) is 12.4. The molecule has 0 amide bonds. The van der Waals surface area contributed by atoms with Crippen LogP contribution in [0.5, 0.6) is 17.2 Å². The molecular weight excluding hydrogens is 526 g/mol. The van der Waals surface area contributed by atoms with E-state index in [-0.39, 0.29) is 30.7 Å². The van der Waals surface area contributed by atoms with Crippen LogP contribution in [0.4, 0.5) is 10.9 Å². The number of hydrogen-bond donors (Lipinski definition) is 2. The van der Waals surface area contributed by atoms with Gasteiger partial charge < -0.3 is 25.7 Å². The highest BCUT2D eigenvalue weighted by atomic mass is 32.1. The number of hydrogen-bond acceptors (Lipinski definition) is 9. The molecule has 3 aromatic rings. The van der Waals surface area contributed by atoms with Crippen LogP contribution < -0.4 is 25.7 Å². The molecule has 1 atom stereocenters. The average Bonchev–Trinajstić information content (AvgIpc) is 3.25. The monoisotopic (exact) mass is 563 g/mol. The lowest BCUT2D eigenvalue weighted by Crippen LogP contribution is -2.45. The average molecular weight is 564 g/mol. The van der Waals surface area contributed by atoms with E-state index in [9.17, 15) is 9.59 Å². The summed E-state index contributed by atoms with van der Waals surface area (Å²) < 4.78 is 18.5. The smallest absolute Gasteiger partial charge is 0.314 e. The number of benzene rings is 2. The Labute approximate surface area is 239 Å². The van der Waals surface area contributed by atoms with Gasteiger partial charge in [0, 0.05) is 12.0 Å². The van der Waals surface area contributed by atoms with Crippen molar-refractivity contribution < 1.29 is 23.8 Å². The molecule has 0 spiro atoms. The maximum atomic E-state index is 13.5. The largest absolute Gasteiger partial charge is 0.489 e. The molecule has 8 nitrogen and oxygen atoms in total. The van der Waals surface area contributed by atoms with Gasteiger partial charge in [-0.2, -0.15) is 0 Å². The number of ether oxygens (including phenoxy) is 3. The van der Waals surface area contributed by atoms with Gasteiger partial charge in [-0.05, 0) is 69.4 Å². The van der Waals surface area contributed by atoms with Crippen LogP contribution in [0.2, 0.25) is 0 Å². The zero-order valence-electron chi connectivity index (χ0n) is 23.6. The van der Waals surface area contributed by atoms with E-state index in [0.717, 1.165) is 47.3 Å². The van der Waals surface area contributed by atoms with Crippen molar-refractivity contribution in [1.82, 2.24) is 4.98 Å². The lowest BCUT2D eigenvalue weighted by atomic mass is 9.86. The Morgan fingerprint density at radius 2 is 1.77 bits per heavy atom. The fourth-order valence-electron chi connectivity index (χ4n) is 5.66. The van der Waals surface area contributed by atoms with Crippen molar-refractivity contribution >= 4 is 34.0 Å². The van der Waals surface area contributed by atoms with Gasteiger partial charge in [-0.25, -0.2) is 4.98 Å². The maximum Gasteiger partial charge on any atom is 0.314 e. The predicted octanol–water partition coefficient (Wildman–Crippen LogP) is 6.11. The summed E-state index contributed by atoms with van der Waals surface area (Å²) in [6, 6.07) is 7.74. The minimum atomic E-state index is -0.846. The summed E-state index contributed by atoms with van der Waals surface area (Å²) in [4.78, 5) is 31.4. The first kappa shape index (κ1) is 28.0. The van der Waals surface area contributed by atoms with E-state index in [4.69, 9.17) is 25.7 Å². The number of carbonyl (C=O) groups is 2. The Balaban J connectivity index is 1.29. The van der Waals surface area contributed by atoms with Crippen LogP contribution >= 0.6 is 11.3 Å². The van der Waals surface area contributed by atoms with Crippen LogP contribution in [-0.4, -0.2) is 28.9 Å². The van der Waals surface area contributed by atoms with Crippen LogP contribution in [0.15, 0.2) is 24.3 Å². The molecule has 40 heavy (non-hydrogen) atoms. The molecule has 0 radical (unpaired) electrons. The quantitative estimate of drug-likeness (QED) is 0.260. The van der Waals surface area contributed by atoms with Gasteiger partial charge in [0.1, 0.15) is 35.3 Å². The van der Waals surface area contributed by atoms with Crippen LogP contribution in [0.3, 0.4) is 0 Å². The molecule has 1 saturated carbocycles. The summed E-state index contributed by atoms with van der Waals surface area (Å²) in [5.74, 6) is 1.87. The third kappa shape index (κ3) is 5.66. The van der Waals surface area contributed by atoms with Crippen molar-refractivity contribution in [3.8, 4) is 17.2 Å². The molecule has 2 aromatic carbocycles. The van der Waals surface area contributed by atoms with Crippen LogP contribution in [0.25, 0.3) is 0 Å². The molecule has 0 saturated heterocycles. The third-order valence-corrected chi connectivity index (χ3v) is 8.97. The maximum absolute atomic E-state index is 13.5. The van der Waals surface area contributed by atoms with Gasteiger partial charge in [-0.15, -0.1) is 0 Å². The Kier molecular flexibility index (Phi) is 7.77. The first-order chi connectivity index (χ1) is 19.0. The molecule has 5 rings (SSSR count). The molecule has 4 N–H and O–H groups in total. The van der Waals surface area contributed by atoms with Gasteiger partial charge in [-0.3, -0.25) is 9.59 Å². The highest BCUT2D eigenvalue weighted by Gasteiger charge is 2.41. The third-order valence-electron chi connectivity index (χ3n) is 8.07. The molecule has 9 heteroatoms.